The Kier molecular flexibility index (Phi) is 7.50. The summed E-state index contributed by atoms with van der Waals surface area (Å²) in [6, 6.07) is 15.5. The molecular weight excluding hydrogens is 580 g/mol. The third-order valence-electron chi connectivity index (χ3n) is 8.39. The SMILES string of the molecule is Cc1ncc(-c2ccc3ncc4c(c3c2)n(-c2ccc(C3CCN(C(=O)C(C)O)CC3)cc2)c(=O)n4C)cc1NS(C)(=O)=O. The number of rotatable bonds is 6. The molecular formula is C32H34N6O5S. The quantitative estimate of drug-likeness (QED) is 0.297. The number of fused-ring (bicyclic) bond motifs is 3. The first-order valence-electron chi connectivity index (χ1n) is 14.4. The zero-order valence-electron chi connectivity index (χ0n) is 25.0. The molecule has 44 heavy (non-hydrogen) atoms. The first-order chi connectivity index (χ1) is 20.9. The second kappa shape index (κ2) is 11.2. The highest BCUT2D eigenvalue weighted by Gasteiger charge is 2.26. The Labute approximate surface area is 254 Å². The van der Waals surface area contributed by atoms with E-state index in [1.54, 1.807) is 46.5 Å². The van der Waals surface area contributed by atoms with Crippen LogP contribution >= 0.6 is 0 Å². The van der Waals surface area contributed by atoms with Crippen LogP contribution in [0.25, 0.3) is 38.8 Å². The monoisotopic (exact) mass is 614 g/mol. The lowest BCUT2D eigenvalue weighted by Crippen LogP contribution is -2.42. The Morgan fingerprint density at radius 1 is 1.02 bits per heavy atom. The van der Waals surface area contributed by atoms with Gasteiger partial charge in [-0.05, 0) is 74.1 Å². The van der Waals surface area contributed by atoms with Crippen LogP contribution in [0, 0.1) is 6.92 Å². The number of hydrogen-bond donors (Lipinski definition) is 2. The van der Waals surface area contributed by atoms with Crippen molar-refractivity contribution in [1.82, 2.24) is 24.0 Å². The topological polar surface area (TPSA) is 139 Å². The van der Waals surface area contributed by atoms with E-state index in [0.717, 1.165) is 52.4 Å². The number of anilines is 1. The van der Waals surface area contributed by atoms with Crippen molar-refractivity contribution in [2.24, 2.45) is 7.05 Å². The van der Waals surface area contributed by atoms with Gasteiger partial charge >= 0.3 is 5.69 Å². The Bertz CT molecular complexity index is 2070. The molecule has 12 heteroatoms. The van der Waals surface area contributed by atoms with Gasteiger partial charge < -0.3 is 10.0 Å². The van der Waals surface area contributed by atoms with Crippen LogP contribution in [0.1, 0.15) is 36.9 Å². The van der Waals surface area contributed by atoms with Crippen molar-refractivity contribution in [3.8, 4) is 16.8 Å². The number of aliphatic hydroxyl groups is 1. The number of imidazole rings is 1. The fourth-order valence-electron chi connectivity index (χ4n) is 6.00. The fraction of sp³-hybridized carbons (Fsp3) is 0.312. The molecule has 1 aliphatic rings. The van der Waals surface area contributed by atoms with Crippen LogP contribution in [0.2, 0.25) is 0 Å². The first-order valence-corrected chi connectivity index (χ1v) is 16.3. The zero-order chi connectivity index (χ0) is 31.3. The standard InChI is InChI=1S/C32H34N6O5S/c1-19-28(35-44(4,42)43)16-24(17-33-19)23-7-10-27-26(15-23)30-29(18-34-27)36(3)32(41)38(30)25-8-5-21(6-9-25)22-11-13-37(14-12-22)31(40)20(2)39/h5-10,15-18,20,22,35,39H,11-14H2,1-4H3. The summed E-state index contributed by atoms with van der Waals surface area (Å²) in [4.78, 5) is 36.5. The van der Waals surface area contributed by atoms with Crippen LogP contribution < -0.4 is 10.4 Å². The maximum Gasteiger partial charge on any atom is 0.333 e. The number of nitrogens with one attached hydrogen (secondary N) is 1. The lowest BCUT2D eigenvalue weighted by atomic mass is 9.89. The van der Waals surface area contributed by atoms with E-state index in [0.29, 0.717) is 35.5 Å². The highest BCUT2D eigenvalue weighted by Crippen LogP contribution is 2.33. The maximum atomic E-state index is 13.6. The molecule has 0 aliphatic carbocycles. The van der Waals surface area contributed by atoms with Crippen molar-refractivity contribution < 1.29 is 18.3 Å². The van der Waals surface area contributed by atoms with Gasteiger partial charge in [-0.1, -0.05) is 18.2 Å². The van der Waals surface area contributed by atoms with E-state index >= 15 is 0 Å². The summed E-state index contributed by atoms with van der Waals surface area (Å²) in [6.07, 6.45) is 5.12. The van der Waals surface area contributed by atoms with Crippen LogP contribution in [-0.2, 0) is 21.9 Å². The fourth-order valence-corrected chi connectivity index (χ4v) is 6.61. The van der Waals surface area contributed by atoms with Gasteiger partial charge in [0.1, 0.15) is 6.10 Å². The molecule has 0 spiro atoms. The minimum Gasteiger partial charge on any atom is -0.384 e. The number of hydrogen-bond acceptors (Lipinski definition) is 7. The molecule has 11 nitrogen and oxygen atoms in total. The van der Waals surface area contributed by atoms with E-state index in [9.17, 15) is 23.1 Å². The number of aromatic nitrogens is 4. The van der Waals surface area contributed by atoms with E-state index in [1.165, 1.54) is 6.92 Å². The molecule has 228 valence electrons. The molecule has 2 N–H and O–H groups in total. The third kappa shape index (κ3) is 5.46. The lowest BCUT2D eigenvalue weighted by molar-refractivity contribution is -0.140. The number of amides is 1. The van der Waals surface area contributed by atoms with Crippen LogP contribution in [-0.4, -0.2) is 68.9 Å². The van der Waals surface area contributed by atoms with E-state index in [4.69, 9.17) is 0 Å². The summed E-state index contributed by atoms with van der Waals surface area (Å²) in [5.41, 5.74) is 6.26. The van der Waals surface area contributed by atoms with Gasteiger partial charge in [0, 0.05) is 37.3 Å². The number of aliphatic hydroxyl groups excluding tert-OH is 1. The summed E-state index contributed by atoms with van der Waals surface area (Å²) in [6.45, 7) is 4.43. The molecule has 0 saturated carbocycles. The summed E-state index contributed by atoms with van der Waals surface area (Å²) < 4.78 is 29.6. The number of sulfonamides is 1. The van der Waals surface area contributed by atoms with E-state index < -0.39 is 16.1 Å². The molecule has 1 atom stereocenters. The maximum absolute atomic E-state index is 13.6. The third-order valence-corrected chi connectivity index (χ3v) is 8.98. The van der Waals surface area contributed by atoms with Crippen molar-refractivity contribution in [2.45, 2.75) is 38.7 Å². The smallest absolute Gasteiger partial charge is 0.333 e. The predicted molar refractivity (Wildman–Crippen MR) is 170 cm³/mol. The number of piperidine rings is 1. The number of pyridine rings is 2. The van der Waals surface area contributed by atoms with Crippen molar-refractivity contribution in [3.05, 3.63) is 82.7 Å². The molecule has 3 aromatic heterocycles. The van der Waals surface area contributed by atoms with Crippen molar-refractivity contribution in [1.29, 1.82) is 0 Å². The van der Waals surface area contributed by atoms with Crippen molar-refractivity contribution >= 4 is 43.6 Å². The molecule has 1 fully saturated rings. The highest BCUT2D eigenvalue weighted by atomic mass is 32.2. The number of benzene rings is 2. The van der Waals surface area contributed by atoms with Gasteiger partial charge in [-0.2, -0.15) is 0 Å². The zero-order valence-corrected chi connectivity index (χ0v) is 25.8. The Hall–Kier alpha value is -4.55. The number of likely N-dealkylation sites (tertiary alicyclic amines) is 1. The number of carbonyl (C=O) groups excluding carboxylic acids is 1. The van der Waals surface area contributed by atoms with Crippen molar-refractivity contribution in [3.63, 3.8) is 0 Å². The van der Waals surface area contributed by atoms with Gasteiger partial charge in [0.25, 0.3) is 5.91 Å². The number of carbonyl (C=O) groups is 1. The average molecular weight is 615 g/mol. The van der Waals surface area contributed by atoms with Crippen molar-refractivity contribution in [2.75, 3.05) is 24.1 Å². The van der Waals surface area contributed by atoms with Gasteiger partial charge in [0.05, 0.1) is 46.1 Å². The summed E-state index contributed by atoms with van der Waals surface area (Å²) in [7, 11) is -1.76. The molecule has 6 rings (SSSR count). The Balaban J connectivity index is 1.39. The Morgan fingerprint density at radius 2 is 1.73 bits per heavy atom. The van der Waals surface area contributed by atoms with Crippen LogP contribution in [0.5, 0.6) is 0 Å². The van der Waals surface area contributed by atoms with E-state index in [2.05, 4.69) is 14.7 Å². The van der Waals surface area contributed by atoms with Gasteiger partial charge in [-0.15, -0.1) is 0 Å². The summed E-state index contributed by atoms with van der Waals surface area (Å²) in [5, 5.41) is 10.4. The molecule has 1 unspecified atom stereocenters. The molecule has 2 aromatic carbocycles. The molecule has 5 aromatic rings. The summed E-state index contributed by atoms with van der Waals surface area (Å²) >= 11 is 0. The minimum absolute atomic E-state index is 0.200. The lowest BCUT2D eigenvalue weighted by Gasteiger charge is -2.33. The molecule has 1 aliphatic heterocycles. The summed E-state index contributed by atoms with van der Waals surface area (Å²) in [5.74, 6) is 0.0489. The van der Waals surface area contributed by atoms with E-state index in [-0.39, 0.29) is 17.5 Å². The Morgan fingerprint density at radius 3 is 2.39 bits per heavy atom. The minimum atomic E-state index is -3.49. The van der Waals surface area contributed by atoms with Gasteiger partial charge in [0.2, 0.25) is 10.0 Å². The second-order valence-corrected chi connectivity index (χ2v) is 13.2. The molecule has 4 heterocycles. The largest absolute Gasteiger partial charge is 0.384 e. The van der Waals surface area contributed by atoms with Gasteiger partial charge in [-0.3, -0.25) is 28.6 Å². The predicted octanol–water partition coefficient (Wildman–Crippen LogP) is 3.71. The number of aryl methyl sites for hydroxylation is 2. The second-order valence-electron chi connectivity index (χ2n) is 11.5. The van der Waals surface area contributed by atoms with Crippen LogP contribution in [0.15, 0.2) is 65.7 Å². The molecule has 0 bridgehead atoms. The molecule has 0 radical (unpaired) electrons. The van der Waals surface area contributed by atoms with Crippen LogP contribution in [0.4, 0.5) is 5.69 Å². The van der Waals surface area contributed by atoms with E-state index in [1.807, 2.05) is 42.5 Å². The van der Waals surface area contributed by atoms with Crippen LogP contribution in [0.3, 0.4) is 0 Å². The first kappa shape index (κ1) is 29.5. The van der Waals surface area contributed by atoms with Gasteiger partial charge in [0.15, 0.2) is 0 Å². The molecule has 1 saturated heterocycles. The molecule has 1 amide bonds. The average Bonchev–Trinajstić information content (AvgIpc) is 3.26. The number of nitrogens with zero attached hydrogens (tertiary/aromatic N) is 5. The van der Waals surface area contributed by atoms with Gasteiger partial charge in [-0.25, -0.2) is 13.2 Å². The highest BCUT2D eigenvalue weighted by molar-refractivity contribution is 7.92. The normalized spacial score (nSPS) is 15.2.